The predicted molar refractivity (Wildman–Crippen MR) is 62.7 cm³/mol. The van der Waals surface area contributed by atoms with Crippen molar-refractivity contribution < 1.29 is 22.8 Å². The smallest absolute Gasteiger partial charge is 0.267 e. The number of hydrogen-bond acceptors (Lipinski definition) is 4. The molecule has 2 rings (SSSR count). The van der Waals surface area contributed by atoms with E-state index in [9.17, 15) is 18.0 Å². The Bertz CT molecular complexity index is 651. The second kappa shape index (κ2) is 5.08. The summed E-state index contributed by atoms with van der Waals surface area (Å²) in [4.78, 5) is 19.8. The molecule has 2 aromatic rings. The van der Waals surface area contributed by atoms with E-state index in [1.54, 1.807) is 24.1 Å². The van der Waals surface area contributed by atoms with Gasteiger partial charge in [0.15, 0.2) is 12.3 Å². The van der Waals surface area contributed by atoms with E-state index in [4.69, 9.17) is 0 Å². The van der Waals surface area contributed by atoms with Crippen molar-refractivity contribution in [1.29, 1.82) is 0 Å². The number of hydrogen-bond donors (Lipinski definition) is 1. The Morgan fingerprint density at radius 1 is 1.50 bits per heavy atom. The molecule has 0 unspecified atom stereocenters. The molecule has 0 aliphatic heterocycles. The van der Waals surface area contributed by atoms with Crippen LogP contribution in [-0.2, 0) is 11.9 Å². The van der Waals surface area contributed by atoms with Crippen molar-refractivity contribution in [2.75, 3.05) is 6.61 Å². The van der Waals surface area contributed by atoms with Gasteiger partial charge in [-0.15, -0.1) is 0 Å². The van der Waals surface area contributed by atoms with Gasteiger partial charge in [0, 0.05) is 18.6 Å². The van der Waals surface area contributed by atoms with Crippen LogP contribution < -0.4 is 5.48 Å². The Morgan fingerprint density at radius 3 is 2.85 bits per heavy atom. The number of alkyl halides is 3. The highest BCUT2D eigenvalue weighted by Gasteiger charge is 2.28. The number of halogens is 3. The maximum atomic E-state index is 11.9. The molecule has 1 amide bonds. The third-order valence-electron chi connectivity index (χ3n) is 2.53. The SMILES string of the molecule is Cc1nn(C)c2ncc(C(=O)NOCC(F)(F)F)cc12. The maximum absolute atomic E-state index is 11.9. The average molecular weight is 288 g/mol. The highest BCUT2D eigenvalue weighted by molar-refractivity contribution is 5.96. The van der Waals surface area contributed by atoms with Crippen molar-refractivity contribution >= 4 is 16.9 Å². The van der Waals surface area contributed by atoms with Crippen molar-refractivity contribution in [3.8, 4) is 0 Å². The number of pyridine rings is 1. The van der Waals surface area contributed by atoms with Gasteiger partial charge in [-0.05, 0) is 13.0 Å². The number of aryl methyl sites for hydroxylation is 2. The summed E-state index contributed by atoms with van der Waals surface area (Å²) in [5.41, 5.74) is 3.06. The number of aromatic nitrogens is 3. The largest absolute Gasteiger partial charge is 0.414 e. The van der Waals surface area contributed by atoms with Gasteiger partial charge in [-0.3, -0.25) is 14.3 Å². The molecule has 0 saturated heterocycles. The van der Waals surface area contributed by atoms with Crippen LogP contribution in [-0.4, -0.2) is 33.5 Å². The zero-order chi connectivity index (χ0) is 14.9. The number of amides is 1. The Kier molecular flexibility index (Phi) is 3.62. The van der Waals surface area contributed by atoms with Gasteiger partial charge >= 0.3 is 6.18 Å². The standard InChI is InChI=1S/C11H11F3N4O2/c1-6-8-3-7(4-15-9(8)18(2)16-6)10(19)17-20-5-11(12,13)14/h3-4H,5H2,1-2H3,(H,17,19). The van der Waals surface area contributed by atoms with Gasteiger partial charge < -0.3 is 0 Å². The molecule has 9 heteroatoms. The van der Waals surface area contributed by atoms with Crippen LogP contribution >= 0.6 is 0 Å². The number of nitrogens with zero attached hydrogens (tertiary/aromatic N) is 3. The first kappa shape index (κ1) is 14.3. The number of fused-ring (bicyclic) bond motifs is 1. The van der Waals surface area contributed by atoms with Gasteiger partial charge in [-0.1, -0.05) is 0 Å². The van der Waals surface area contributed by atoms with Crippen LogP contribution in [0.25, 0.3) is 11.0 Å². The van der Waals surface area contributed by atoms with Gasteiger partial charge in [0.05, 0.1) is 11.3 Å². The summed E-state index contributed by atoms with van der Waals surface area (Å²) in [6, 6.07) is 1.50. The highest BCUT2D eigenvalue weighted by atomic mass is 19.4. The maximum Gasteiger partial charge on any atom is 0.414 e. The second-order valence-corrected chi connectivity index (χ2v) is 4.14. The van der Waals surface area contributed by atoms with Crippen LogP contribution in [0.1, 0.15) is 16.1 Å². The van der Waals surface area contributed by atoms with Crippen molar-refractivity contribution in [2.45, 2.75) is 13.1 Å². The van der Waals surface area contributed by atoms with Crippen LogP contribution in [0.2, 0.25) is 0 Å². The van der Waals surface area contributed by atoms with Crippen molar-refractivity contribution in [1.82, 2.24) is 20.2 Å². The summed E-state index contributed by atoms with van der Waals surface area (Å²) in [7, 11) is 1.70. The number of rotatable bonds is 3. The summed E-state index contributed by atoms with van der Waals surface area (Å²) in [6.45, 7) is 0.187. The van der Waals surface area contributed by atoms with Crippen LogP contribution in [0, 0.1) is 6.92 Å². The molecule has 20 heavy (non-hydrogen) atoms. The predicted octanol–water partition coefficient (Wildman–Crippen LogP) is 1.50. The lowest BCUT2D eigenvalue weighted by molar-refractivity contribution is -0.184. The van der Waals surface area contributed by atoms with E-state index in [1.165, 1.54) is 12.3 Å². The lowest BCUT2D eigenvalue weighted by atomic mass is 10.2. The summed E-state index contributed by atoms with van der Waals surface area (Å²) < 4.78 is 37.2. The van der Waals surface area contributed by atoms with Crippen molar-refractivity contribution in [2.24, 2.45) is 7.05 Å². The first-order valence-corrected chi connectivity index (χ1v) is 5.56. The molecular formula is C11H11F3N4O2. The summed E-state index contributed by atoms with van der Waals surface area (Å²) in [6.07, 6.45) is -3.26. The molecule has 1 N–H and O–H groups in total. The third kappa shape index (κ3) is 3.05. The molecule has 6 nitrogen and oxygen atoms in total. The summed E-state index contributed by atoms with van der Waals surface area (Å²) in [5, 5.41) is 4.78. The fourth-order valence-corrected chi connectivity index (χ4v) is 1.67. The second-order valence-electron chi connectivity index (χ2n) is 4.14. The van der Waals surface area contributed by atoms with E-state index in [0.29, 0.717) is 16.7 Å². The van der Waals surface area contributed by atoms with Gasteiger partial charge in [0.2, 0.25) is 0 Å². The summed E-state index contributed by atoms with van der Waals surface area (Å²) in [5.74, 6) is -0.799. The lowest BCUT2D eigenvalue weighted by Crippen LogP contribution is -2.29. The van der Waals surface area contributed by atoms with Crippen LogP contribution in [0.4, 0.5) is 13.2 Å². The van der Waals surface area contributed by atoms with E-state index in [-0.39, 0.29) is 5.56 Å². The van der Waals surface area contributed by atoms with Crippen LogP contribution in [0.5, 0.6) is 0 Å². The first-order valence-electron chi connectivity index (χ1n) is 5.56. The monoisotopic (exact) mass is 288 g/mol. The van der Waals surface area contributed by atoms with Crippen molar-refractivity contribution in [3.63, 3.8) is 0 Å². The zero-order valence-electron chi connectivity index (χ0n) is 10.7. The third-order valence-corrected chi connectivity index (χ3v) is 2.53. The van der Waals surface area contributed by atoms with Gasteiger partial charge in [0.25, 0.3) is 5.91 Å². The Labute approximate surface area is 111 Å². The first-order chi connectivity index (χ1) is 9.28. The molecule has 0 aliphatic rings. The van der Waals surface area contributed by atoms with Gasteiger partial charge in [-0.25, -0.2) is 10.5 Å². The van der Waals surface area contributed by atoms with Gasteiger partial charge in [0.1, 0.15) is 0 Å². The number of hydroxylamine groups is 1. The molecule has 0 aromatic carbocycles. The molecule has 0 atom stereocenters. The number of nitrogens with one attached hydrogen (secondary N) is 1. The molecule has 0 radical (unpaired) electrons. The minimum atomic E-state index is -4.50. The van der Waals surface area contributed by atoms with Crippen LogP contribution in [0.3, 0.4) is 0 Å². The van der Waals surface area contributed by atoms with E-state index >= 15 is 0 Å². The zero-order valence-corrected chi connectivity index (χ0v) is 10.7. The molecule has 0 bridgehead atoms. The molecule has 0 aliphatic carbocycles. The Morgan fingerprint density at radius 2 is 2.20 bits per heavy atom. The fourth-order valence-electron chi connectivity index (χ4n) is 1.67. The quantitative estimate of drug-likeness (QED) is 0.869. The Hall–Kier alpha value is -2.16. The lowest BCUT2D eigenvalue weighted by Gasteiger charge is -2.08. The molecular weight excluding hydrogens is 277 g/mol. The average Bonchev–Trinajstić information content (AvgIpc) is 2.63. The topological polar surface area (TPSA) is 69.0 Å². The van der Waals surface area contributed by atoms with E-state index in [0.717, 1.165) is 0 Å². The van der Waals surface area contributed by atoms with E-state index in [1.807, 2.05) is 0 Å². The highest BCUT2D eigenvalue weighted by Crippen LogP contribution is 2.17. The number of carbonyl (C=O) groups excluding carboxylic acids is 1. The molecule has 0 saturated carbocycles. The van der Waals surface area contributed by atoms with Crippen molar-refractivity contribution in [3.05, 3.63) is 23.5 Å². The van der Waals surface area contributed by atoms with Crippen LogP contribution in [0.15, 0.2) is 12.3 Å². The molecule has 2 aromatic heterocycles. The summed E-state index contributed by atoms with van der Waals surface area (Å²) >= 11 is 0. The molecule has 2 heterocycles. The fraction of sp³-hybridized carbons (Fsp3) is 0.364. The minimum absolute atomic E-state index is 0.0933. The molecule has 0 fully saturated rings. The minimum Gasteiger partial charge on any atom is -0.267 e. The van der Waals surface area contributed by atoms with E-state index in [2.05, 4.69) is 14.9 Å². The molecule has 0 spiro atoms. The van der Waals surface area contributed by atoms with E-state index < -0.39 is 18.7 Å². The normalized spacial score (nSPS) is 11.8. The number of carbonyl (C=O) groups is 1. The van der Waals surface area contributed by atoms with Gasteiger partial charge in [-0.2, -0.15) is 18.3 Å². The Balaban J connectivity index is 2.13. The molecule has 108 valence electrons.